The van der Waals surface area contributed by atoms with E-state index in [9.17, 15) is 8.42 Å². The molecule has 0 spiro atoms. The maximum atomic E-state index is 12.9. The Hall–Kier alpha value is -1.60. The molecule has 0 unspecified atom stereocenters. The molecule has 0 saturated carbocycles. The zero-order valence-corrected chi connectivity index (χ0v) is 15.9. The van der Waals surface area contributed by atoms with Crippen LogP contribution in [0.2, 0.25) is 0 Å². The lowest BCUT2D eigenvalue weighted by molar-refractivity contribution is 0.317. The third kappa shape index (κ3) is 6.01. The van der Waals surface area contributed by atoms with Crippen molar-refractivity contribution in [3.05, 3.63) is 60.2 Å². The molecule has 0 aliphatic heterocycles. The van der Waals surface area contributed by atoms with Crippen molar-refractivity contribution in [1.82, 2.24) is 4.31 Å². The average Bonchev–Trinajstić information content (AvgIpc) is 2.61. The van der Waals surface area contributed by atoms with Crippen LogP contribution in [-0.2, 0) is 16.6 Å². The second-order valence-corrected chi connectivity index (χ2v) is 7.37. The Kier molecular flexibility index (Phi) is 8.92. The Balaban J connectivity index is 0.00000312. The molecule has 5 nitrogen and oxygen atoms in total. The smallest absolute Gasteiger partial charge is 0.243 e. The summed E-state index contributed by atoms with van der Waals surface area (Å²) in [5.41, 5.74) is 6.54. The molecule has 0 fully saturated rings. The predicted octanol–water partition coefficient (Wildman–Crippen LogP) is 3.05. The number of rotatable bonds is 9. The zero-order valence-electron chi connectivity index (χ0n) is 14.3. The van der Waals surface area contributed by atoms with Gasteiger partial charge in [-0.15, -0.1) is 12.4 Å². The highest BCUT2D eigenvalue weighted by atomic mass is 35.5. The van der Waals surface area contributed by atoms with Crippen LogP contribution < -0.4 is 10.5 Å². The van der Waals surface area contributed by atoms with Crippen molar-refractivity contribution in [2.75, 3.05) is 19.7 Å². The monoisotopic (exact) mass is 384 g/mol. The number of hydrogen-bond donors (Lipinski definition) is 1. The molecule has 2 N–H and O–H groups in total. The van der Waals surface area contributed by atoms with Gasteiger partial charge in [-0.25, -0.2) is 8.42 Å². The minimum atomic E-state index is -3.60. The van der Waals surface area contributed by atoms with Gasteiger partial charge in [-0.05, 0) is 36.2 Å². The molecule has 2 aromatic carbocycles. The van der Waals surface area contributed by atoms with Crippen molar-refractivity contribution in [2.24, 2.45) is 5.73 Å². The van der Waals surface area contributed by atoms with Gasteiger partial charge in [0.05, 0.1) is 11.5 Å². The largest absolute Gasteiger partial charge is 0.494 e. The number of sulfonamides is 1. The normalized spacial score (nSPS) is 11.2. The van der Waals surface area contributed by atoms with E-state index in [4.69, 9.17) is 10.5 Å². The lowest BCUT2D eigenvalue weighted by atomic mass is 10.2. The molecule has 0 aliphatic carbocycles. The Morgan fingerprint density at radius 2 is 1.68 bits per heavy atom. The van der Waals surface area contributed by atoms with Gasteiger partial charge in [-0.3, -0.25) is 0 Å². The number of benzene rings is 2. The fourth-order valence-electron chi connectivity index (χ4n) is 2.29. The number of halogens is 1. The highest BCUT2D eigenvalue weighted by molar-refractivity contribution is 7.89. The molecule has 2 aromatic rings. The molecular formula is C18H25ClN2O3S. The molecule has 0 atom stereocenters. The van der Waals surface area contributed by atoms with Crippen molar-refractivity contribution in [1.29, 1.82) is 0 Å². The van der Waals surface area contributed by atoms with E-state index < -0.39 is 10.0 Å². The molecule has 0 amide bonds. The third-order valence-electron chi connectivity index (χ3n) is 3.51. The second-order valence-electron chi connectivity index (χ2n) is 5.43. The molecule has 2 rings (SSSR count). The van der Waals surface area contributed by atoms with Crippen molar-refractivity contribution < 1.29 is 13.2 Å². The van der Waals surface area contributed by atoms with E-state index in [0.717, 1.165) is 12.0 Å². The van der Waals surface area contributed by atoms with Gasteiger partial charge in [-0.1, -0.05) is 37.3 Å². The Labute approximate surface area is 156 Å². The van der Waals surface area contributed by atoms with E-state index in [0.29, 0.717) is 18.9 Å². The van der Waals surface area contributed by atoms with E-state index in [-0.39, 0.29) is 30.4 Å². The molecule has 0 saturated heterocycles. The summed E-state index contributed by atoms with van der Waals surface area (Å²) in [7, 11) is -3.60. The van der Waals surface area contributed by atoms with Crippen LogP contribution in [0.15, 0.2) is 59.5 Å². The fraction of sp³-hybridized carbons (Fsp3) is 0.333. The second kappa shape index (κ2) is 10.4. The van der Waals surface area contributed by atoms with Crippen molar-refractivity contribution in [2.45, 2.75) is 24.8 Å². The van der Waals surface area contributed by atoms with Gasteiger partial charge in [0.15, 0.2) is 0 Å². The van der Waals surface area contributed by atoms with Crippen LogP contribution in [0.4, 0.5) is 0 Å². The van der Waals surface area contributed by atoms with E-state index in [1.807, 2.05) is 37.3 Å². The van der Waals surface area contributed by atoms with Crippen LogP contribution in [0.3, 0.4) is 0 Å². The van der Waals surface area contributed by atoms with Crippen LogP contribution in [0.5, 0.6) is 5.75 Å². The molecule has 7 heteroatoms. The molecule has 0 aromatic heterocycles. The Morgan fingerprint density at radius 3 is 2.24 bits per heavy atom. The summed E-state index contributed by atoms with van der Waals surface area (Å²) in [6.07, 6.45) is 0.904. The third-order valence-corrected chi connectivity index (χ3v) is 5.37. The predicted molar refractivity (Wildman–Crippen MR) is 103 cm³/mol. The van der Waals surface area contributed by atoms with Crippen LogP contribution in [0.25, 0.3) is 0 Å². The quantitative estimate of drug-likeness (QED) is 0.721. The first kappa shape index (κ1) is 21.4. The molecule has 0 radical (unpaired) electrons. The highest BCUT2D eigenvalue weighted by Crippen LogP contribution is 2.21. The minimum absolute atomic E-state index is 0. The van der Waals surface area contributed by atoms with Crippen molar-refractivity contribution in [3.8, 4) is 5.75 Å². The molecule has 138 valence electrons. The van der Waals surface area contributed by atoms with E-state index >= 15 is 0 Å². The SMILES string of the molecule is CCCOc1ccc(S(=O)(=O)N(CCN)Cc2ccccc2)cc1.Cl. The lowest BCUT2D eigenvalue weighted by Crippen LogP contribution is -2.34. The first-order chi connectivity index (χ1) is 11.6. The first-order valence-corrected chi connectivity index (χ1v) is 9.49. The molecular weight excluding hydrogens is 360 g/mol. The Morgan fingerprint density at radius 1 is 1.04 bits per heavy atom. The maximum absolute atomic E-state index is 12.9. The minimum Gasteiger partial charge on any atom is -0.494 e. The lowest BCUT2D eigenvalue weighted by Gasteiger charge is -2.22. The summed E-state index contributed by atoms with van der Waals surface area (Å²) in [4.78, 5) is 0.246. The standard InChI is InChI=1S/C18H24N2O3S.ClH/c1-2-14-23-17-8-10-18(11-9-17)24(21,22)20(13-12-19)15-16-6-4-3-5-7-16;/h3-11H,2,12-15,19H2,1H3;1H. The summed E-state index contributed by atoms with van der Waals surface area (Å²) in [5.74, 6) is 0.671. The van der Waals surface area contributed by atoms with Crippen molar-refractivity contribution in [3.63, 3.8) is 0 Å². The topological polar surface area (TPSA) is 72.6 Å². The van der Waals surface area contributed by atoms with Crippen LogP contribution in [0.1, 0.15) is 18.9 Å². The van der Waals surface area contributed by atoms with Crippen LogP contribution in [-0.4, -0.2) is 32.4 Å². The molecule has 0 aliphatic rings. The van der Waals surface area contributed by atoms with Crippen LogP contribution in [0, 0.1) is 0 Å². The zero-order chi connectivity index (χ0) is 17.4. The van der Waals surface area contributed by atoms with Gasteiger partial charge in [0.25, 0.3) is 0 Å². The van der Waals surface area contributed by atoms with Crippen molar-refractivity contribution >= 4 is 22.4 Å². The molecule has 0 bridgehead atoms. The van der Waals surface area contributed by atoms with E-state index in [1.54, 1.807) is 24.3 Å². The number of nitrogens with two attached hydrogens (primary N) is 1. The van der Waals surface area contributed by atoms with Crippen LogP contribution >= 0.6 is 12.4 Å². The van der Waals surface area contributed by atoms with Gasteiger partial charge in [-0.2, -0.15) is 4.31 Å². The van der Waals surface area contributed by atoms with Gasteiger partial charge in [0, 0.05) is 19.6 Å². The summed E-state index contributed by atoms with van der Waals surface area (Å²) in [6.45, 7) is 3.47. The summed E-state index contributed by atoms with van der Waals surface area (Å²) >= 11 is 0. The summed E-state index contributed by atoms with van der Waals surface area (Å²) < 4.78 is 32.7. The first-order valence-electron chi connectivity index (χ1n) is 8.05. The number of hydrogen-bond acceptors (Lipinski definition) is 4. The highest BCUT2D eigenvalue weighted by Gasteiger charge is 2.24. The Bertz CT molecular complexity index is 722. The van der Waals surface area contributed by atoms with E-state index in [1.165, 1.54) is 4.31 Å². The average molecular weight is 385 g/mol. The number of nitrogens with zero attached hydrogens (tertiary/aromatic N) is 1. The van der Waals surface area contributed by atoms with Gasteiger partial charge < -0.3 is 10.5 Å². The van der Waals surface area contributed by atoms with E-state index in [2.05, 4.69) is 0 Å². The molecule has 25 heavy (non-hydrogen) atoms. The van der Waals surface area contributed by atoms with Gasteiger partial charge >= 0.3 is 0 Å². The number of ether oxygens (including phenoxy) is 1. The fourth-order valence-corrected chi connectivity index (χ4v) is 3.74. The summed E-state index contributed by atoms with van der Waals surface area (Å²) in [5, 5.41) is 0. The molecule has 0 heterocycles. The maximum Gasteiger partial charge on any atom is 0.243 e. The summed E-state index contributed by atoms with van der Waals surface area (Å²) in [6, 6.07) is 16.0. The van der Waals surface area contributed by atoms with Gasteiger partial charge in [0.2, 0.25) is 10.0 Å². The van der Waals surface area contributed by atoms with Gasteiger partial charge in [0.1, 0.15) is 5.75 Å².